The fourth-order valence-electron chi connectivity index (χ4n) is 2.60. The number of para-hydroxylation sites is 1. The van der Waals surface area contributed by atoms with Crippen LogP contribution in [0.25, 0.3) is 0 Å². The van der Waals surface area contributed by atoms with Gasteiger partial charge in [-0.05, 0) is 18.6 Å². The summed E-state index contributed by atoms with van der Waals surface area (Å²) in [4.78, 5) is 14.7. The summed E-state index contributed by atoms with van der Waals surface area (Å²) in [6, 6.07) is 7.84. The minimum Gasteiger partial charge on any atom is -0.384 e. The summed E-state index contributed by atoms with van der Waals surface area (Å²) < 4.78 is 0. The highest BCUT2D eigenvalue weighted by Gasteiger charge is 2.27. The zero-order valence-electron chi connectivity index (χ0n) is 12.6. The maximum atomic E-state index is 12.8. The number of nitrogens with one attached hydrogen (secondary N) is 1. The number of anilines is 1. The molecule has 4 heteroatoms. The third-order valence-electron chi connectivity index (χ3n) is 3.43. The lowest BCUT2D eigenvalue weighted by Crippen LogP contribution is -2.44. The van der Waals surface area contributed by atoms with E-state index in [-0.39, 0.29) is 5.91 Å². The van der Waals surface area contributed by atoms with E-state index in [9.17, 15) is 4.79 Å². The van der Waals surface area contributed by atoms with E-state index in [2.05, 4.69) is 26.1 Å². The first kappa shape index (κ1) is 15.2. The van der Waals surface area contributed by atoms with Gasteiger partial charge in [-0.1, -0.05) is 32.9 Å². The molecular formula is C16H24N2OS. The molecule has 1 heterocycles. The van der Waals surface area contributed by atoms with Gasteiger partial charge in [-0.2, -0.15) is 11.8 Å². The molecule has 1 aliphatic heterocycles. The van der Waals surface area contributed by atoms with Crippen molar-refractivity contribution in [2.75, 3.05) is 25.0 Å². The number of carbonyl (C=O) groups excluding carboxylic acids is 1. The molecule has 0 spiro atoms. The molecule has 0 aromatic heterocycles. The third kappa shape index (κ3) is 3.69. The van der Waals surface area contributed by atoms with Crippen molar-refractivity contribution in [3.63, 3.8) is 0 Å². The number of benzene rings is 1. The van der Waals surface area contributed by atoms with Gasteiger partial charge in [0.05, 0.1) is 5.56 Å². The number of hydrogen-bond acceptors (Lipinski definition) is 3. The predicted molar refractivity (Wildman–Crippen MR) is 87.6 cm³/mol. The van der Waals surface area contributed by atoms with Crippen molar-refractivity contribution in [2.24, 2.45) is 0 Å². The Balaban J connectivity index is 2.15. The van der Waals surface area contributed by atoms with E-state index in [1.807, 2.05) is 40.9 Å². The van der Waals surface area contributed by atoms with Gasteiger partial charge < -0.3 is 10.2 Å². The zero-order valence-corrected chi connectivity index (χ0v) is 13.4. The Labute approximate surface area is 126 Å². The smallest absolute Gasteiger partial charge is 0.256 e. The summed E-state index contributed by atoms with van der Waals surface area (Å²) in [6.45, 7) is 9.10. The molecule has 0 radical (unpaired) electrons. The second-order valence-corrected chi connectivity index (χ2v) is 7.32. The Morgan fingerprint density at radius 3 is 2.60 bits per heavy atom. The molecular weight excluding hydrogens is 268 g/mol. The summed E-state index contributed by atoms with van der Waals surface area (Å²) in [7, 11) is 0. The van der Waals surface area contributed by atoms with Crippen LogP contribution in [0.1, 0.15) is 37.6 Å². The summed E-state index contributed by atoms with van der Waals surface area (Å²) in [5.41, 5.74) is 1.75. The van der Waals surface area contributed by atoms with Gasteiger partial charge in [0.1, 0.15) is 0 Å². The zero-order chi connectivity index (χ0) is 14.5. The second kappa shape index (κ2) is 7.02. The Morgan fingerprint density at radius 2 is 1.95 bits per heavy atom. The first-order valence-electron chi connectivity index (χ1n) is 7.39. The largest absolute Gasteiger partial charge is 0.384 e. The highest BCUT2D eigenvalue weighted by Crippen LogP contribution is 2.27. The van der Waals surface area contributed by atoms with E-state index in [0.29, 0.717) is 10.5 Å². The Morgan fingerprint density at radius 1 is 1.30 bits per heavy atom. The molecule has 20 heavy (non-hydrogen) atoms. The van der Waals surface area contributed by atoms with E-state index in [1.54, 1.807) is 0 Å². The lowest BCUT2D eigenvalue weighted by Gasteiger charge is -2.35. The van der Waals surface area contributed by atoms with Gasteiger partial charge in [0.2, 0.25) is 0 Å². The fourth-order valence-corrected chi connectivity index (χ4v) is 3.92. The molecule has 1 aliphatic rings. The van der Waals surface area contributed by atoms with E-state index in [1.165, 1.54) is 0 Å². The number of hydrogen-bond donors (Lipinski definition) is 1. The van der Waals surface area contributed by atoms with Crippen molar-refractivity contribution < 1.29 is 4.79 Å². The number of amides is 1. The van der Waals surface area contributed by atoms with Gasteiger partial charge >= 0.3 is 0 Å². The number of carbonyl (C=O) groups is 1. The molecule has 1 amide bonds. The average Bonchev–Trinajstić information content (AvgIpc) is 2.43. The standard InChI is InChI=1S/C16H24N2OS/c1-4-9-17-15-8-6-5-7-14(15)16(19)18-10-12(2)20-13(3)11-18/h5-8,12-13,17H,4,9-11H2,1-3H3. The van der Waals surface area contributed by atoms with Crippen molar-refractivity contribution in [3.05, 3.63) is 29.8 Å². The lowest BCUT2D eigenvalue weighted by molar-refractivity contribution is 0.0754. The van der Waals surface area contributed by atoms with Crippen molar-refractivity contribution in [1.29, 1.82) is 0 Å². The van der Waals surface area contributed by atoms with E-state index in [0.717, 1.165) is 37.3 Å². The number of nitrogens with zero attached hydrogens (tertiary/aromatic N) is 1. The molecule has 2 rings (SSSR count). The van der Waals surface area contributed by atoms with Crippen LogP contribution in [0.2, 0.25) is 0 Å². The van der Waals surface area contributed by atoms with Crippen LogP contribution in [-0.4, -0.2) is 40.9 Å². The normalized spacial score (nSPS) is 22.6. The maximum Gasteiger partial charge on any atom is 0.256 e. The number of thioether (sulfide) groups is 1. The average molecular weight is 292 g/mol. The van der Waals surface area contributed by atoms with Crippen LogP contribution in [0.4, 0.5) is 5.69 Å². The quantitative estimate of drug-likeness (QED) is 0.922. The van der Waals surface area contributed by atoms with Crippen LogP contribution in [0, 0.1) is 0 Å². The maximum absolute atomic E-state index is 12.8. The first-order chi connectivity index (χ1) is 9.61. The highest BCUT2D eigenvalue weighted by molar-refractivity contribution is 8.00. The summed E-state index contributed by atoms with van der Waals surface area (Å²) in [5, 5.41) is 4.38. The lowest BCUT2D eigenvalue weighted by atomic mass is 10.1. The second-order valence-electron chi connectivity index (χ2n) is 5.44. The van der Waals surface area contributed by atoms with Gasteiger partial charge in [0.25, 0.3) is 5.91 Å². The van der Waals surface area contributed by atoms with E-state index >= 15 is 0 Å². The molecule has 1 aromatic carbocycles. The van der Waals surface area contributed by atoms with Crippen molar-refractivity contribution in [1.82, 2.24) is 4.90 Å². The summed E-state index contributed by atoms with van der Waals surface area (Å²) in [5.74, 6) is 0.156. The van der Waals surface area contributed by atoms with Crippen LogP contribution in [-0.2, 0) is 0 Å². The van der Waals surface area contributed by atoms with Gasteiger partial charge in [-0.3, -0.25) is 4.79 Å². The topological polar surface area (TPSA) is 32.3 Å². The van der Waals surface area contributed by atoms with Gasteiger partial charge in [-0.15, -0.1) is 0 Å². The molecule has 110 valence electrons. The summed E-state index contributed by atoms with van der Waals surface area (Å²) in [6.07, 6.45) is 1.05. The van der Waals surface area contributed by atoms with E-state index in [4.69, 9.17) is 0 Å². The molecule has 3 nitrogen and oxygen atoms in total. The molecule has 2 unspecified atom stereocenters. The van der Waals surface area contributed by atoms with Crippen LogP contribution < -0.4 is 5.32 Å². The first-order valence-corrected chi connectivity index (χ1v) is 8.33. The predicted octanol–water partition coefficient (Wildman–Crippen LogP) is 3.47. The molecule has 0 bridgehead atoms. The minimum absolute atomic E-state index is 0.156. The highest BCUT2D eigenvalue weighted by atomic mass is 32.2. The summed E-state index contributed by atoms with van der Waals surface area (Å²) >= 11 is 1.97. The Kier molecular flexibility index (Phi) is 5.35. The number of rotatable bonds is 4. The van der Waals surface area contributed by atoms with Gasteiger partial charge in [0, 0.05) is 35.8 Å². The van der Waals surface area contributed by atoms with Crippen molar-refractivity contribution in [2.45, 2.75) is 37.7 Å². The Hall–Kier alpha value is -1.16. The van der Waals surface area contributed by atoms with Crippen LogP contribution >= 0.6 is 11.8 Å². The molecule has 0 saturated carbocycles. The molecule has 1 N–H and O–H groups in total. The monoisotopic (exact) mass is 292 g/mol. The molecule has 1 fully saturated rings. The van der Waals surface area contributed by atoms with Gasteiger partial charge in [0.15, 0.2) is 0 Å². The van der Waals surface area contributed by atoms with Crippen molar-refractivity contribution >= 4 is 23.4 Å². The molecule has 1 saturated heterocycles. The third-order valence-corrected chi connectivity index (χ3v) is 4.66. The van der Waals surface area contributed by atoms with Gasteiger partial charge in [-0.25, -0.2) is 0 Å². The molecule has 2 atom stereocenters. The molecule has 0 aliphatic carbocycles. The SMILES string of the molecule is CCCNc1ccccc1C(=O)N1CC(C)SC(C)C1. The molecule has 1 aromatic rings. The van der Waals surface area contributed by atoms with E-state index < -0.39 is 0 Å². The fraction of sp³-hybridized carbons (Fsp3) is 0.562. The van der Waals surface area contributed by atoms with Crippen LogP contribution in [0.3, 0.4) is 0 Å². The van der Waals surface area contributed by atoms with Crippen LogP contribution in [0.5, 0.6) is 0 Å². The Bertz CT molecular complexity index is 454. The van der Waals surface area contributed by atoms with Crippen LogP contribution in [0.15, 0.2) is 24.3 Å². The van der Waals surface area contributed by atoms with Crippen molar-refractivity contribution in [3.8, 4) is 0 Å². The minimum atomic E-state index is 0.156.